The first kappa shape index (κ1) is 21.5. The van der Waals surface area contributed by atoms with E-state index in [-0.39, 0.29) is 11.3 Å². The van der Waals surface area contributed by atoms with E-state index in [0.717, 1.165) is 16.5 Å². The smallest absolute Gasteiger partial charge is 0.412 e. The van der Waals surface area contributed by atoms with Gasteiger partial charge in [0, 0.05) is 23.3 Å². The van der Waals surface area contributed by atoms with Crippen LogP contribution in [0.2, 0.25) is 0 Å². The Morgan fingerprint density at radius 2 is 2.07 bits per heavy atom. The summed E-state index contributed by atoms with van der Waals surface area (Å²) in [5.74, 6) is 0.386. The average Bonchev–Trinajstić information content (AvgIpc) is 3.05. The van der Waals surface area contributed by atoms with Gasteiger partial charge in [0.15, 0.2) is 0 Å². The molecule has 3 unspecified atom stereocenters. The molecule has 2 heterocycles. The van der Waals surface area contributed by atoms with Crippen LogP contribution in [-0.4, -0.2) is 63.5 Å². The summed E-state index contributed by atoms with van der Waals surface area (Å²) in [5.41, 5.74) is 0.292. The van der Waals surface area contributed by atoms with Crippen LogP contribution in [0, 0.1) is 0 Å². The van der Waals surface area contributed by atoms with Gasteiger partial charge >= 0.3 is 6.09 Å². The van der Waals surface area contributed by atoms with Crippen molar-refractivity contribution in [2.24, 2.45) is 0 Å². The van der Waals surface area contributed by atoms with Gasteiger partial charge in [0.1, 0.15) is 17.0 Å². The highest BCUT2D eigenvalue weighted by atomic mass is 79.9. The Morgan fingerprint density at radius 1 is 1.32 bits per heavy atom. The van der Waals surface area contributed by atoms with Crippen LogP contribution < -0.4 is 0 Å². The molecule has 1 N–H and O–H groups in total. The molecule has 8 heteroatoms. The first-order valence-electron chi connectivity index (χ1n) is 9.51. The minimum atomic E-state index is -0.652. The number of amides is 2. The van der Waals surface area contributed by atoms with Crippen LogP contribution in [0.1, 0.15) is 44.6 Å². The zero-order valence-corrected chi connectivity index (χ0v) is 18.8. The SMILES string of the molecule is CC(C)(C)OC(=O)N1C(C(=O)N2CCCC(O)C2)CSC1c1cccc(Br)c1. The largest absolute Gasteiger partial charge is 0.444 e. The molecule has 3 rings (SSSR count). The molecule has 2 fully saturated rings. The molecule has 0 radical (unpaired) electrons. The number of carbonyl (C=O) groups is 2. The van der Waals surface area contributed by atoms with Crippen molar-refractivity contribution in [1.29, 1.82) is 0 Å². The van der Waals surface area contributed by atoms with Gasteiger partial charge in [-0.3, -0.25) is 9.69 Å². The Kier molecular flexibility index (Phi) is 6.61. The molecule has 1 aromatic carbocycles. The molecular formula is C20H27BrN2O4S. The lowest BCUT2D eigenvalue weighted by Gasteiger charge is -2.36. The normalized spacial score (nSPS) is 25.7. The second-order valence-corrected chi connectivity index (χ2v) is 10.3. The van der Waals surface area contributed by atoms with Gasteiger partial charge in [0.2, 0.25) is 5.91 Å². The number of aliphatic hydroxyl groups is 1. The van der Waals surface area contributed by atoms with Crippen molar-refractivity contribution in [2.45, 2.75) is 56.7 Å². The van der Waals surface area contributed by atoms with Crippen LogP contribution in [0.25, 0.3) is 0 Å². The van der Waals surface area contributed by atoms with Crippen molar-refractivity contribution in [3.05, 3.63) is 34.3 Å². The second-order valence-electron chi connectivity index (χ2n) is 8.22. The quantitative estimate of drug-likeness (QED) is 0.711. The highest BCUT2D eigenvalue weighted by Crippen LogP contribution is 2.43. The van der Waals surface area contributed by atoms with E-state index in [1.165, 1.54) is 0 Å². The number of carbonyl (C=O) groups excluding carboxylic acids is 2. The van der Waals surface area contributed by atoms with Crippen molar-refractivity contribution in [1.82, 2.24) is 9.80 Å². The molecule has 1 aromatic rings. The van der Waals surface area contributed by atoms with Gasteiger partial charge in [0.05, 0.1) is 6.10 Å². The Hall–Kier alpha value is -1.25. The number of hydrogen-bond donors (Lipinski definition) is 1. The molecule has 0 spiro atoms. The molecule has 154 valence electrons. The number of β-amino-alcohol motifs (C(OH)–C–C–N with tert-alkyl or cyclic N) is 1. The van der Waals surface area contributed by atoms with Crippen LogP contribution in [0.5, 0.6) is 0 Å². The zero-order chi connectivity index (χ0) is 20.5. The lowest BCUT2D eigenvalue weighted by atomic mass is 10.1. The number of piperidine rings is 1. The van der Waals surface area contributed by atoms with Gasteiger partial charge < -0.3 is 14.7 Å². The average molecular weight is 471 g/mol. The fourth-order valence-corrected chi connectivity index (χ4v) is 5.33. The third-order valence-corrected chi connectivity index (χ3v) is 6.55. The van der Waals surface area contributed by atoms with Gasteiger partial charge in [-0.25, -0.2) is 4.79 Å². The van der Waals surface area contributed by atoms with E-state index in [4.69, 9.17) is 4.74 Å². The van der Waals surface area contributed by atoms with E-state index in [1.807, 2.05) is 45.0 Å². The Balaban J connectivity index is 1.88. The van der Waals surface area contributed by atoms with E-state index in [9.17, 15) is 14.7 Å². The molecular weight excluding hydrogens is 444 g/mol. The third kappa shape index (κ3) is 5.02. The second kappa shape index (κ2) is 8.63. The lowest BCUT2D eigenvalue weighted by Crippen LogP contribution is -2.53. The fraction of sp³-hybridized carbons (Fsp3) is 0.600. The number of aliphatic hydroxyl groups excluding tert-OH is 1. The van der Waals surface area contributed by atoms with Gasteiger partial charge in [0.25, 0.3) is 0 Å². The highest BCUT2D eigenvalue weighted by Gasteiger charge is 2.46. The maximum Gasteiger partial charge on any atom is 0.412 e. The number of halogens is 1. The van der Waals surface area contributed by atoms with Crippen LogP contribution >= 0.6 is 27.7 Å². The fourth-order valence-electron chi connectivity index (χ4n) is 3.52. The number of ether oxygens (including phenoxy) is 1. The van der Waals surface area contributed by atoms with E-state index >= 15 is 0 Å². The van der Waals surface area contributed by atoms with Crippen LogP contribution in [0.15, 0.2) is 28.7 Å². The Morgan fingerprint density at radius 3 is 2.71 bits per heavy atom. The Labute approximate surface area is 178 Å². The van der Waals surface area contributed by atoms with Crippen molar-refractivity contribution in [2.75, 3.05) is 18.8 Å². The molecule has 2 saturated heterocycles. The summed E-state index contributed by atoms with van der Waals surface area (Å²) in [6.07, 6.45) is 0.495. The summed E-state index contributed by atoms with van der Waals surface area (Å²) >= 11 is 5.04. The maximum atomic E-state index is 13.2. The maximum absolute atomic E-state index is 13.2. The predicted octanol–water partition coefficient (Wildman–Crippen LogP) is 3.78. The summed E-state index contributed by atoms with van der Waals surface area (Å²) in [4.78, 5) is 29.5. The van der Waals surface area contributed by atoms with Crippen LogP contribution in [0.3, 0.4) is 0 Å². The first-order chi connectivity index (χ1) is 13.2. The van der Waals surface area contributed by atoms with Gasteiger partial charge in [-0.1, -0.05) is 28.1 Å². The molecule has 2 aliphatic heterocycles. The predicted molar refractivity (Wildman–Crippen MR) is 113 cm³/mol. The molecule has 0 bridgehead atoms. The van der Waals surface area contributed by atoms with Gasteiger partial charge in [-0.05, 0) is 51.3 Å². The minimum Gasteiger partial charge on any atom is -0.444 e. The molecule has 28 heavy (non-hydrogen) atoms. The van der Waals surface area contributed by atoms with E-state index in [2.05, 4.69) is 15.9 Å². The number of thioether (sulfide) groups is 1. The monoisotopic (exact) mass is 470 g/mol. The lowest BCUT2D eigenvalue weighted by molar-refractivity contribution is -0.139. The summed E-state index contributed by atoms with van der Waals surface area (Å²) in [7, 11) is 0. The van der Waals surface area contributed by atoms with Gasteiger partial charge in [-0.2, -0.15) is 0 Å². The topological polar surface area (TPSA) is 70.1 Å². The standard InChI is InChI=1S/C20H27BrN2O4S/c1-20(2,3)27-19(26)23-16(17(25)22-9-5-8-15(24)11-22)12-28-18(23)13-6-4-7-14(21)10-13/h4,6-7,10,15-16,18,24H,5,8-9,11-12H2,1-3H3. The molecule has 0 aromatic heterocycles. The van der Waals surface area contributed by atoms with E-state index in [0.29, 0.717) is 25.3 Å². The van der Waals surface area contributed by atoms with E-state index < -0.39 is 23.8 Å². The summed E-state index contributed by atoms with van der Waals surface area (Å²) in [6.45, 7) is 6.39. The van der Waals surface area contributed by atoms with Crippen LogP contribution in [0.4, 0.5) is 4.79 Å². The van der Waals surface area contributed by atoms with E-state index in [1.54, 1.807) is 21.6 Å². The molecule has 0 saturated carbocycles. The number of likely N-dealkylation sites (tertiary alicyclic amines) is 1. The van der Waals surface area contributed by atoms with Crippen molar-refractivity contribution < 1.29 is 19.4 Å². The molecule has 3 atom stereocenters. The Bertz CT molecular complexity index is 739. The van der Waals surface area contributed by atoms with Crippen molar-refractivity contribution >= 4 is 39.7 Å². The van der Waals surface area contributed by atoms with Crippen molar-refractivity contribution in [3.8, 4) is 0 Å². The van der Waals surface area contributed by atoms with Crippen LogP contribution in [-0.2, 0) is 9.53 Å². The van der Waals surface area contributed by atoms with Gasteiger partial charge in [-0.15, -0.1) is 11.8 Å². The zero-order valence-electron chi connectivity index (χ0n) is 16.4. The number of nitrogens with zero attached hydrogens (tertiary/aromatic N) is 2. The molecule has 0 aliphatic carbocycles. The number of hydrogen-bond acceptors (Lipinski definition) is 5. The summed E-state index contributed by atoms with van der Waals surface area (Å²) in [6, 6.07) is 7.17. The first-order valence-corrected chi connectivity index (χ1v) is 11.3. The molecule has 2 amide bonds. The minimum absolute atomic E-state index is 0.116. The summed E-state index contributed by atoms with van der Waals surface area (Å²) in [5, 5.41) is 9.65. The van der Waals surface area contributed by atoms with Crippen molar-refractivity contribution in [3.63, 3.8) is 0 Å². The number of rotatable bonds is 2. The summed E-state index contributed by atoms with van der Waals surface area (Å²) < 4.78 is 6.55. The number of benzene rings is 1. The molecule has 2 aliphatic rings. The highest BCUT2D eigenvalue weighted by molar-refractivity contribution is 9.10. The molecule has 6 nitrogen and oxygen atoms in total. The third-order valence-electron chi connectivity index (χ3n) is 4.73.